The maximum Gasteiger partial charge on any atom is 0.244 e. The molecule has 0 aliphatic carbocycles. The van der Waals surface area contributed by atoms with Crippen molar-refractivity contribution < 1.29 is 33.4 Å². The van der Waals surface area contributed by atoms with Gasteiger partial charge in [-0.1, -0.05) is 77.8 Å². The van der Waals surface area contributed by atoms with Crippen LogP contribution in [0.3, 0.4) is 0 Å². The van der Waals surface area contributed by atoms with Crippen LogP contribution in [0.25, 0.3) is 6.08 Å². The Kier molecular flexibility index (Phi) is 10.6. The molecule has 2 unspecified atom stereocenters. The highest BCUT2D eigenvalue weighted by Gasteiger charge is 2.47. The highest BCUT2D eigenvalue weighted by atomic mass is 16.7. The average molecular weight is 604 g/mol. The second kappa shape index (κ2) is 14.3. The Morgan fingerprint density at radius 2 is 1.59 bits per heavy atom. The first-order chi connectivity index (χ1) is 21.0. The third-order valence-corrected chi connectivity index (χ3v) is 8.43. The minimum absolute atomic E-state index is 0.139. The van der Waals surface area contributed by atoms with Gasteiger partial charge >= 0.3 is 0 Å². The number of benzene rings is 2. The van der Waals surface area contributed by atoms with Gasteiger partial charge in [0.05, 0.1) is 24.4 Å². The Bertz CT molecular complexity index is 1430. The van der Waals surface area contributed by atoms with Crippen LogP contribution in [0.2, 0.25) is 0 Å². The molecule has 0 bridgehead atoms. The van der Waals surface area contributed by atoms with Gasteiger partial charge in [-0.2, -0.15) is 0 Å². The standard InChI is InChI=1S/C34H41N3O7/c1-6-22(7-2)31(32(40)30-20(5)33(41)37-34(30)42)36-29(39)17-25(24-12-10-23(11-13-24)19(3)4)35-28(38)15-9-21-8-14-26-27(16-21)44-18-43-26/h8-16,19-20,22,25,30-31H,6-7,17-18H2,1-5H3,(H,35,38)(H,36,39)(H,37,41,42)/b15-9+/t20-,25?,30+,31?/m0/s1. The number of carbonyl (C=O) groups is 5. The summed E-state index contributed by atoms with van der Waals surface area (Å²) in [6.07, 6.45) is 4.07. The van der Waals surface area contributed by atoms with E-state index in [2.05, 4.69) is 29.8 Å². The van der Waals surface area contributed by atoms with Gasteiger partial charge in [0.15, 0.2) is 17.3 Å². The third-order valence-electron chi connectivity index (χ3n) is 8.43. The Morgan fingerprint density at radius 3 is 2.20 bits per heavy atom. The maximum atomic E-state index is 13.6. The fourth-order valence-electron chi connectivity index (χ4n) is 5.63. The number of carbonyl (C=O) groups excluding carboxylic acids is 5. The Hall–Kier alpha value is -4.47. The van der Waals surface area contributed by atoms with E-state index in [0.717, 1.165) is 16.7 Å². The Labute approximate surface area is 258 Å². The molecule has 3 N–H and O–H groups in total. The van der Waals surface area contributed by atoms with E-state index in [1.54, 1.807) is 24.3 Å². The van der Waals surface area contributed by atoms with Crippen LogP contribution in [0.4, 0.5) is 0 Å². The van der Waals surface area contributed by atoms with Crippen LogP contribution in [0.5, 0.6) is 11.5 Å². The summed E-state index contributed by atoms with van der Waals surface area (Å²) in [5.41, 5.74) is 2.59. The summed E-state index contributed by atoms with van der Waals surface area (Å²) in [4.78, 5) is 64.8. The van der Waals surface area contributed by atoms with E-state index >= 15 is 0 Å². The van der Waals surface area contributed by atoms with E-state index in [4.69, 9.17) is 9.47 Å². The van der Waals surface area contributed by atoms with E-state index in [0.29, 0.717) is 30.3 Å². The predicted molar refractivity (Wildman–Crippen MR) is 164 cm³/mol. The van der Waals surface area contributed by atoms with Crippen molar-refractivity contribution in [3.8, 4) is 11.5 Å². The smallest absolute Gasteiger partial charge is 0.244 e. The summed E-state index contributed by atoms with van der Waals surface area (Å²) < 4.78 is 10.7. The van der Waals surface area contributed by atoms with Crippen molar-refractivity contribution >= 4 is 35.5 Å². The largest absolute Gasteiger partial charge is 0.454 e. The van der Waals surface area contributed by atoms with Crippen LogP contribution < -0.4 is 25.4 Å². The first-order valence-corrected chi connectivity index (χ1v) is 15.2. The summed E-state index contributed by atoms with van der Waals surface area (Å²) in [6, 6.07) is 11.4. The van der Waals surface area contributed by atoms with Crippen LogP contribution in [0.1, 0.15) is 82.5 Å². The van der Waals surface area contributed by atoms with Crippen LogP contribution >= 0.6 is 0 Å². The number of rotatable bonds is 13. The summed E-state index contributed by atoms with van der Waals surface area (Å²) in [5, 5.41) is 8.02. The molecule has 0 spiro atoms. The predicted octanol–water partition coefficient (Wildman–Crippen LogP) is 4.20. The van der Waals surface area contributed by atoms with Gasteiger partial charge in [-0.05, 0) is 46.7 Å². The fraction of sp³-hybridized carbons (Fsp3) is 0.441. The first kappa shape index (κ1) is 32.4. The van der Waals surface area contributed by atoms with Gasteiger partial charge < -0.3 is 20.1 Å². The summed E-state index contributed by atoms with van der Waals surface area (Å²) in [7, 11) is 0. The molecule has 10 nitrogen and oxygen atoms in total. The number of ketones is 1. The minimum atomic E-state index is -1.16. The zero-order chi connectivity index (χ0) is 32.0. The van der Waals surface area contributed by atoms with Crippen molar-refractivity contribution in [3.05, 3.63) is 65.2 Å². The molecule has 2 heterocycles. The normalized spacial score (nSPS) is 18.9. The molecule has 0 saturated carbocycles. The Balaban J connectivity index is 1.53. The summed E-state index contributed by atoms with van der Waals surface area (Å²) >= 11 is 0. The molecular weight excluding hydrogens is 562 g/mol. The van der Waals surface area contributed by atoms with E-state index < -0.39 is 53.3 Å². The second-order valence-corrected chi connectivity index (χ2v) is 11.7. The highest BCUT2D eigenvalue weighted by Crippen LogP contribution is 2.33. The van der Waals surface area contributed by atoms with Crippen molar-refractivity contribution in [2.45, 2.75) is 71.9 Å². The second-order valence-electron chi connectivity index (χ2n) is 11.7. The monoisotopic (exact) mass is 603 g/mol. The number of Topliss-reactive ketones (excluding diaryl/α,β-unsaturated/α-hetero) is 1. The quantitative estimate of drug-likeness (QED) is 0.177. The van der Waals surface area contributed by atoms with Gasteiger partial charge in [0.25, 0.3) is 0 Å². The van der Waals surface area contributed by atoms with Gasteiger partial charge in [-0.25, -0.2) is 0 Å². The van der Waals surface area contributed by atoms with Crippen LogP contribution in [-0.4, -0.2) is 42.2 Å². The molecule has 0 radical (unpaired) electrons. The zero-order valence-corrected chi connectivity index (χ0v) is 25.8. The minimum Gasteiger partial charge on any atom is -0.454 e. The number of ether oxygens (including phenoxy) is 2. The molecule has 234 valence electrons. The number of hydrogen-bond donors (Lipinski definition) is 3. The van der Waals surface area contributed by atoms with Crippen molar-refractivity contribution in [2.75, 3.05) is 6.79 Å². The van der Waals surface area contributed by atoms with Crippen molar-refractivity contribution in [3.63, 3.8) is 0 Å². The van der Waals surface area contributed by atoms with E-state index in [-0.39, 0.29) is 19.1 Å². The number of amides is 4. The molecule has 4 atom stereocenters. The first-order valence-electron chi connectivity index (χ1n) is 15.2. The molecular formula is C34H41N3O7. The van der Waals surface area contributed by atoms with Crippen LogP contribution in [0, 0.1) is 17.8 Å². The topological polar surface area (TPSA) is 140 Å². The van der Waals surface area contributed by atoms with Crippen LogP contribution in [0.15, 0.2) is 48.5 Å². The Morgan fingerprint density at radius 1 is 0.932 bits per heavy atom. The van der Waals surface area contributed by atoms with Crippen molar-refractivity contribution in [1.82, 2.24) is 16.0 Å². The molecule has 2 aliphatic heterocycles. The maximum absolute atomic E-state index is 13.6. The molecule has 2 aromatic carbocycles. The lowest BCUT2D eigenvalue weighted by Crippen LogP contribution is -2.50. The van der Waals surface area contributed by atoms with Gasteiger partial charge in [0.2, 0.25) is 30.4 Å². The lowest BCUT2D eigenvalue weighted by molar-refractivity contribution is -0.138. The average Bonchev–Trinajstić information content (AvgIpc) is 3.57. The van der Waals surface area contributed by atoms with E-state index in [9.17, 15) is 24.0 Å². The van der Waals surface area contributed by atoms with Gasteiger partial charge in [0, 0.05) is 6.08 Å². The number of hydrogen-bond acceptors (Lipinski definition) is 7. The molecule has 1 fully saturated rings. The molecule has 10 heteroatoms. The summed E-state index contributed by atoms with van der Waals surface area (Å²) in [5.74, 6) is -3.13. The molecule has 2 aliphatic rings. The van der Waals surface area contributed by atoms with Gasteiger partial charge in [0.1, 0.15) is 5.92 Å². The molecule has 2 aromatic rings. The molecule has 0 aromatic heterocycles. The van der Waals surface area contributed by atoms with Gasteiger partial charge in [-0.3, -0.25) is 29.3 Å². The molecule has 44 heavy (non-hydrogen) atoms. The van der Waals surface area contributed by atoms with E-state index in [1.807, 2.05) is 38.1 Å². The fourth-order valence-corrected chi connectivity index (χ4v) is 5.63. The zero-order valence-electron chi connectivity index (χ0n) is 25.8. The summed E-state index contributed by atoms with van der Waals surface area (Å²) in [6.45, 7) is 9.67. The number of nitrogens with one attached hydrogen (secondary N) is 3. The lowest BCUT2D eigenvalue weighted by atomic mass is 9.81. The highest BCUT2D eigenvalue weighted by molar-refractivity contribution is 6.16. The van der Waals surface area contributed by atoms with E-state index in [1.165, 1.54) is 13.0 Å². The lowest BCUT2D eigenvalue weighted by Gasteiger charge is -2.28. The molecule has 4 amide bonds. The van der Waals surface area contributed by atoms with Crippen molar-refractivity contribution in [2.24, 2.45) is 17.8 Å². The van der Waals surface area contributed by atoms with Gasteiger partial charge in [-0.15, -0.1) is 0 Å². The number of fused-ring (bicyclic) bond motifs is 1. The third kappa shape index (κ3) is 7.53. The molecule has 1 saturated heterocycles. The molecule has 4 rings (SSSR count). The van der Waals surface area contributed by atoms with Crippen molar-refractivity contribution in [1.29, 1.82) is 0 Å². The van der Waals surface area contributed by atoms with Crippen LogP contribution in [-0.2, 0) is 24.0 Å². The number of imide groups is 1. The SMILES string of the molecule is CCC(CC)C(NC(=O)CC(NC(=O)/C=C/c1ccc2c(c1)OCO2)c1ccc(C(C)C)cc1)C(=O)[C@@H]1C(=O)NC(=O)[C@H]1C.